The third-order valence-electron chi connectivity index (χ3n) is 2.58. The molecule has 1 heterocycles. The molecule has 4 nitrogen and oxygen atoms in total. The predicted molar refractivity (Wildman–Crippen MR) is 82.7 cm³/mol. The van der Waals surface area contributed by atoms with E-state index in [0.717, 1.165) is 24.2 Å². The van der Waals surface area contributed by atoms with E-state index in [1.54, 1.807) is 12.4 Å². The number of unbranched alkanes of at least 4 members (excludes halogenated alkanes) is 1. The summed E-state index contributed by atoms with van der Waals surface area (Å²) in [6.07, 6.45) is 6.63. The molecule has 1 atom stereocenters. The summed E-state index contributed by atoms with van der Waals surface area (Å²) in [5, 5.41) is 2.97. The third kappa shape index (κ3) is 8.08. The molecule has 1 amide bonds. The van der Waals surface area contributed by atoms with Gasteiger partial charge in [-0.25, -0.2) is 0 Å². The molecule has 0 aliphatic heterocycles. The smallest absolute Gasteiger partial charge is 0.230 e. The summed E-state index contributed by atoms with van der Waals surface area (Å²) < 4.78 is 0. The molecule has 0 saturated carbocycles. The number of amides is 1. The van der Waals surface area contributed by atoms with Gasteiger partial charge >= 0.3 is 0 Å². The first kappa shape index (κ1) is 18.2. The highest BCUT2D eigenvalue weighted by Crippen LogP contribution is 2.15. The Morgan fingerprint density at radius 3 is 2.74 bits per heavy atom. The average Bonchev–Trinajstić information content (AvgIpc) is 2.42. The van der Waals surface area contributed by atoms with E-state index in [1.165, 1.54) is 11.8 Å². The summed E-state index contributed by atoms with van der Waals surface area (Å²) in [5.41, 5.74) is 5.64. The molecule has 0 aliphatic rings. The van der Waals surface area contributed by atoms with Gasteiger partial charge < -0.3 is 11.1 Å². The number of rotatable bonds is 8. The fourth-order valence-corrected chi connectivity index (χ4v) is 2.25. The van der Waals surface area contributed by atoms with E-state index < -0.39 is 0 Å². The van der Waals surface area contributed by atoms with E-state index >= 15 is 0 Å². The molecular weight excluding hydrogens is 282 g/mol. The topological polar surface area (TPSA) is 68.0 Å². The maximum atomic E-state index is 11.7. The van der Waals surface area contributed by atoms with Crippen LogP contribution in [0.25, 0.3) is 0 Å². The largest absolute Gasteiger partial charge is 0.351 e. The highest BCUT2D eigenvalue weighted by molar-refractivity contribution is 8.00. The van der Waals surface area contributed by atoms with Crippen LogP contribution in [0.4, 0.5) is 0 Å². The highest BCUT2D eigenvalue weighted by Gasteiger charge is 2.10. The maximum Gasteiger partial charge on any atom is 0.230 e. The molecule has 1 aromatic heterocycles. The van der Waals surface area contributed by atoms with Crippen molar-refractivity contribution in [3.8, 4) is 0 Å². The standard InChI is InChI=1S/C13H21N3OS.ClH/c1-2-3-4-11(9-14)16-13(17)10-18-12-5-7-15-8-6-12;/h5-8,11H,2-4,9-10,14H2,1H3,(H,16,17);1H. The van der Waals surface area contributed by atoms with Crippen LogP contribution in [0.1, 0.15) is 26.2 Å². The molecule has 0 aromatic carbocycles. The van der Waals surface area contributed by atoms with Gasteiger partial charge in [0.2, 0.25) is 5.91 Å². The van der Waals surface area contributed by atoms with E-state index in [0.29, 0.717) is 12.3 Å². The van der Waals surface area contributed by atoms with Gasteiger partial charge in [0.05, 0.1) is 5.75 Å². The first-order chi connectivity index (χ1) is 8.76. The molecule has 1 rings (SSSR count). The maximum absolute atomic E-state index is 11.7. The highest BCUT2D eigenvalue weighted by atomic mass is 35.5. The van der Waals surface area contributed by atoms with Crippen LogP contribution in [0.15, 0.2) is 29.4 Å². The van der Waals surface area contributed by atoms with Crippen LogP contribution >= 0.6 is 24.2 Å². The lowest BCUT2D eigenvalue weighted by atomic mass is 10.1. The van der Waals surface area contributed by atoms with Gasteiger partial charge in [0.25, 0.3) is 0 Å². The molecule has 0 fully saturated rings. The van der Waals surface area contributed by atoms with E-state index in [1.807, 2.05) is 12.1 Å². The Bertz CT molecular complexity index is 351. The van der Waals surface area contributed by atoms with Crippen LogP contribution in [-0.2, 0) is 4.79 Å². The molecular formula is C13H22ClN3OS. The number of carbonyl (C=O) groups is 1. The molecule has 0 saturated heterocycles. The Hall–Kier alpha value is -0.780. The number of nitrogens with two attached hydrogens (primary N) is 1. The zero-order chi connectivity index (χ0) is 13.2. The van der Waals surface area contributed by atoms with Gasteiger partial charge in [-0.2, -0.15) is 0 Å². The van der Waals surface area contributed by atoms with Gasteiger partial charge in [0.15, 0.2) is 0 Å². The first-order valence-electron chi connectivity index (χ1n) is 6.28. The number of hydrogen-bond donors (Lipinski definition) is 2. The van der Waals surface area contributed by atoms with E-state index in [-0.39, 0.29) is 24.4 Å². The van der Waals surface area contributed by atoms with Gasteiger partial charge in [-0.1, -0.05) is 19.8 Å². The number of thioether (sulfide) groups is 1. The average molecular weight is 304 g/mol. The lowest BCUT2D eigenvalue weighted by Gasteiger charge is -2.16. The summed E-state index contributed by atoms with van der Waals surface area (Å²) in [5.74, 6) is 0.468. The third-order valence-corrected chi connectivity index (χ3v) is 3.59. The monoisotopic (exact) mass is 303 g/mol. The number of aromatic nitrogens is 1. The molecule has 3 N–H and O–H groups in total. The van der Waals surface area contributed by atoms with E-state index in [4.69, 9.17) is 5.73 Å². The molecule has 19 heavy (non-hydrogen) atoms. The van der Waals surface area contributed by atoms with Crippen LogP contribution < -0.4 is 11.1 Å². The lowest BCUT2D eigenvalue weighted by molar-refractivity contribution is -0.119. The van der Waals surface area contributed by atoms with Gasteiger partial charge in [-0.05, 0) is 18.6 Å². The number of nitrogens with zero attached hydrogens (tertiary/aromatic N) is 1. The Kier molecular flexibility index (Phi) is 10.6. The van der Waals surface area contributed by atoms with Crippen molar-refractivity contribution in [1.29, 1.82) is 0 Å². The van der Waals surface area contributed by atoms with Crippen molar-refractivity contribution in [2.24, 2.45) is 5.73 Å². The summed E-state index contributed by atoms with van der Waals surface area (Å²) in [6, 6.07) is 3.90. The number of halogens is 1. The van der Waals surface area contributed by atoms with Crippen molar-refractivity contribution in [3.05, 3.63) is 24.5 Å². The van der Waals surface area contributed by atoms with Crippen molar-refractivity contribution in [2.45, 2.75) is 37.1 Å². The zero-order valence-electron chi connectivity index (χ0n) is 11.2. The number of hydrogen-bond acceptors (Lipinski definition) is 4. The molecule has 0 aliphatic carbocycles. The van der Waals surface area contributed by atoms with Crippen molar-refractivity contribution >= 4 is 30.1 Å². The van der Waals surface area contributed by atoms with Crippen LogP contribution in [-0.4, -0.2) is 29.2 Å². The Balaban J connectivity index is 0.00000324. The Morgan fingerprint density at radius 1 is 1.47 bits per heavy atom. The molecule has 0 radical (unpaired) electrons. The van der Waals surface area contributed by atoms with Crippen LogP contribution in [0, 0.1) is 0 Å². The SMILES string of the molecule is CCCCC(CN)NC(=O)CSc1ccncc1.Cl. The minimum absolute atomic E-state index is 0. The van der Waals surface area contributed by atoms with Crippen molar-refractivity contribution in [1.82, 2.24) is 10.3 Å². The molecule has 1 aromatic rings. The zero-order valence-corrected chi connectivity index (χ0v) is 12.8. The predicted octanol–water partition coefficient (Wildman–Crippen LogP) is 2.23. The minimum atomic E-state index is 0. The van der Waals surface area contributed by atoms with Crippen molar-refractivity contribution in [3.63, 3.8) is 0 Å². The van der Waals surface area contributed by atoms with E-state index in [9.17, 15) is 4.79 Å². The van der Waals surface area contributed by atoms with Crippen molar-refractivity contribution in [2.75, 3.05) is 12.3 Å². The quantitative estimate of drug-likeness (QED) is 0.723. The summed E-state index contributed by atoms with van der Waals surface area (Å²) in [7, 11) is 0. The van der Waals surface area contributed by atoms with E-state index in [2.05, 4.69) is 17.2 Å². The number of carbonyl (C=O) groups excluding carboxylic acids is 1. The summed E-state index contributed by atoms with van der Waals surface area (Å²) in [6.45, 7) is 2.64. The molecule has 0 bridgehead atoms. The van der Waals surface area contributed by atoms with Crippen LogP contribution in [0.5, 0.6) is 0 Å². The second kappa shape index (κ2) is 11.1. The first-order valence-corrected chi connectivity index (χ1v) is 7.27. The van der Waals surface area contributed by atoms with Gasteiger partial charge in [-0.15, -0.1) is 24.2 Å². The fraction of sp³-hybridized carbons (Fsp3) is 0.538. The second-order valence-electron chi connectivity index (χ2n) is 4.11. The molecule has 0 spiro atoms. The Labute approximate surface area is 125 Å². The minimum Gasteiger partial charge on any atom is -0.351 e. The fourth-order valence-electron chi connectivity index (χ4n) is 1.55. The van der Waals surface area contributed by atoms with Crippen LogP contribution in [0.2, 0.25) is 0 Å². The van der Waals surface area contributed by atoms with Crippen LogP contribution in [0.3, 0.4) is 0 Å². The van der Waals surface area contributed by atoms with Crippen molar-refractivity contribution < 1.29 is 4.79 Å². The van der Waals surface area contributed by atoms with Gasteiger partial charge in [0, 0.05) is 29.9 Å². The molecule has 108 valence electrons. The molecule has 1 unspecified atom stereocenters. The summed E-state index contributed by atoms with van der Waals surface area (Å²) >= 11 is 1.51. The molecule has 6 heteroatoms. The Morgan fingerprint density at radius 2 is 2.16 bits per heavy atom. The van der Waals surface area contributed by atoms with Gasteiger partial charge in [0.1, 0.15) is 0 Å². The second-order valence-corrected chi connectivity index (χ2v) is 5.16. The number of pyridine rings is 1. The summed E-state index contributed by atoms with van der Waals surface area (Å²) in [4.78, 5) is 16.7. The lowest BCUT2D eigenvalue weighted by Crippen LogP contribution is -2.41. The normalized spacial score (nSPS) is 11.5. The number of nitrogens with one attached hydrogen (secondary N) is 1. The van der Waals surface area contributed by atoms with Gasteiger partial charge in [-0.3, -0.25) is 9.78 Å².